The lowest BCUT2D eigenvalue weighted by Gasteiger charge is -2.18. The van der Waals surface area contributed by atoms with Crippen LogP contribution in [0.4, 0.5) is 0 Å². The fourth-order valence-corrected chi connectivity index (χ4v) is 2.36. The number of rotatable bonds is 2. The smallest absolute Gasteiger partial charge is 0.283 e. The van der Waals surface area contributed by atoms with Gasteiger partial charge in [-0.2, -0.15) is 0 Å². The fourth-order valence-electron chi connectivity index (χ4n) is 1.73. The van der Waals surface area contributed by atoms with Crippen LogP contribution < -0.4 is 5.73 Å². The van der Waals surface area contributed by atoms with E-state index in [-0.39, 0.29) is 6.02 Å². The Bertz CT molecular complexity index is 563. The van der Waals surface area contributed by atoms with E-state index in [9.17, 15) is 8.42 Å². The van der Waals surface area contributed by atoms with E-state index in [1.165, 1.54) is 6.26 Å². The molecule has 17 heavy (non-hydrogen) atoms. The van der Waals surface area contributed by atoms with Crippen LogP contribution in [0.1, 0.15) is 12.5 Å². The van der Waals surface area contributed by atoms with Gasteiger partial charge < -0.3 is 10.5 Å². The van der Waals surface area contributed by atoms with Crippen LogP contribution in [-0.2, 0) is 20.1 Å². The van der Waals surface area contributed by atoms with E-state index in [1.54, 1.807) is 24.3 Å². The van der Waals surface area contributed by atoms with Gasteiger partial charge >= 0.3 is 0 Å². The Morgan fingerprint density at radius 3 is 2.35 bits per heavy atom. The molecule has 0 bridgehead atoms. The normalized spacial score (nSPS) is 24.2. The van der Waals surface area contributed by atoms with Gasteiger partial charge in [0.15, 0.2) is 9.84 Å². The van der Waals surface area contributed by atoms with Crippen LogP contribution >= 0.6 is 0 Å². The van der Waals surface area contributed by atoms with E-state index >= 15 is 0 Å². The number of nitrogens with two attached hydrogens (primary N) is 1. The van der Waals surface area contributed by atoms with E-state index in [0.29, 0.717) is 11.5 Å². The van der Waals surface area contributed by atoms with Crippen molar-refractivity contribution < 1.29 is 13.2 Å². The van der Waals surface area contributed by atoms with Crippen LogP contribution in [0.15, 0.2) is 34.2 Å². The summed E-state index contributed by atoms with van der Waals surface area (Å²) >= 11 is 0. The lowest BCUT2D eigenvalue weighted by molar-refractivity contribution is 0.266. The molecular formula is C11H14N2O3S. The van der Waals surface area contributed by atoms with Crippen LogP contribution in [0.2, 0.25) is 0 Å². The molecule has 0 aliphatic carbocycles. The zero-order valence-electron chi connectivity index (χ0n) is 9.67. The molecule has 1 aromatic rings. The van der Waals surface area contributed by atoms with Crippen LogP contribution in [0, 0.1) is 0 Å². The second-order valence-electron chi connectivity index (χ2n) is 4.31. The predicted octanol–water partition coefficient (Wildman–Crippen LogP) is 0.650. The molecule has 1 heterocycles. The minimum atomic E-state index is -3.17. The quantitative estimate of drug-likeness (QED) is 0.840. The number of hydrogen-bond donors (Lipinski definition) is 1. The largest absolute Gasteiger partial charge is 0.462 e. The summed E-state index contributed by atoms with van der Waals surface area (Å²) in [6.45, 7) is 2.26. The van der Waals surface area contributed by atoms with E-state index < -0.39 is 15.4 Å². The summed E-state index contributed by atoms with van der Waals surface area (Å²) in [5.74, 6) is 0. The molecule has 92 valence electrons. The number of sulfone groups is 1. The molecule has 0 spiro atoms. The molecule has 0 aromatic heterocycles. The van der Waals surface area contributed by atoms with E-state index in [1.807, 2.05) is 6.92 Å². The van der Waals surface area contributed by atoms with Crippen molar-refractivity contribution in [1.29, 1.82) is 0 Å². The average molecular weight is 254 g/mol. The summed E-state index contributed by atoms with van der Waals surface area (Å²) in [5, 5.41) is 0. The minimum absolute atomic E-state index is 0.166. The molecule has 0 radical (unpaired) electrons. The average Bonchev–Trinajstić information content (AvgIpc) is 2.59. The fraction of sp³-hybridized carbons (Fsp3) is 0.364. The lowest BCUT2D eigenvalue weighted by Crippen LogP contribution is -2.20. The Balaban J connectivity index is 2.37. The van der Waals surface area contributed by atoms with Crippen LogP contribution in [-0.4, -0.2) is 27.3 Å². The minimum Gasteiger partial charge on any atom is -0.462 e. The third-order valence-electron chi connectivity index (χ3n) is 2.76. The molecule has 1 aromatic carbocycles. The van der Waals surface area contributed by atoms with Gasteiger partial charge in [0.05, 0.1) is 4.90 Å². The van der Waals surface area contributed by atoms with Gasteiger partial charge in [-0.1, -0.05) is 12.1 Å². The van der Waals surface area contributed by atoms with Crippen molar-refractivity contribution in [2.24, 2.45) is 10.7 Å². The topological polar surface area (TPSA) is 81.8 Å². The monoisotopic (exact) mass is 254 g/mol. The molecular weight excluding hydrogens is 240 g/mol. The Kier molecular flexibility index (Phi) is 2.61. The summed E-state index contributed by atoms with van der Waals surface area (Å²) < 4.78 is 27.8. The number of benzene rings is 1. The Morgan fingerprint density at radius 1 is 1.35 bits per heavy atom. The highest BCUT2D eigenvalue weighted by Crippen LogP contribution is 2.30. The zero-order valence-corrected chi connectivity index (χ0v) is 10.5. The first-order valence-corrected chi connectivity index (χ1v) is 6.99. The van der Waals surface area contributed by atoms with Crippen molar-refractivity contribution in [3.63, 3.8) is 0 Å². The standard InChI is InChI=1S/C11H14N2O3S/c1-11(7-16-10(12)13-11)8-3-5-9(6-4-8)17(2,14)15/h3-6H,7H2,1-2H3,(H2,12,13). The van der Waals surface area contributed by atoms with Gasteiger partial charge in [0.1, 0.15) is 12.1 Å². The third-order valence-corrected chi connectivity index (χ3v) is 3.89. The Hall–Kier alpha value is -1.56. The van der Waals surface area contributed by atoms with E-state index in [4.69, 9.17) is 10.5 Å². The lowest BCUT2D eigenvalue weighted by atomic mass is 9.94. The molecule has 0 saturated carbocycles. The first-order chi connectivity index (χ1) is 7.81. The summed E-state index contributed by atoms with van der Waals surface area (Å²) in [4.78, 5) is 4.50. The van der Waals surface area contributed by atoms with Crippen molar-refractivity contribution in [3.05, 3.63) is 29.8 Å². The van der Waals surface area contributed by atoms with Crippen LogP contribution in [0.5, 0.6) is 0 Å². The first kappa shape index (κ1) is 11.9. The molecule has 5 nitrogen and oxygen atoms in total. The highest BCUT2D eigenvalue weighted by molar-refractivity contribution is 7.90. The number of hydrogen-bond acceptors (Lipinski definition) is 5. The van der Waals surface area contributed by atoms with Gasteiger partial charge in [-0.3, -0.25) is 0 Å². The molecule has 0 fully saturated rings. The Labute approximate surface area is 100 Å². The maximum Gasteiger partial charge on any atom is 0.283 e. The van der Waals surface area contributed by atoms with Crippen molar-refractivity contribution in [3.8, 4) is 0 Å². The van der Waals surface area contributed by atoms with Gasteiger partial charge in [0, 0.05) is 6.26 Å². The second kappa shape index (κ2) is 3.73. The predicted molar refractivity (Wildman–Crippen MR) is 64.5 cm³/mol. The van der Waals surface area contributed by atoms with E-state index in [2.05, 4.69) is 4.99 Å². The zero-order chi connectivity index (χ0) is 12.7. The van der Waals surface area contributed by atoms with Crippen molar-refractivity contribution in [1.82, 2.24) is 0 Å². The summed E-state index contributed by atoms with van der Waals surface area (Å²) in [5.41, 5.74) is 5.83. The molecule has 1 atom stereocenters. The maximum absolute atomic E-state index is 11.3. The molecule has 2 rings (SSSR count). The third kappa shape index (κ3) is 2.26. The molecule has 6 heteroatoms. The highest BCUT2D eigenvalue weighted by Gasteiger charge is 2.32. The van der Waals surface area contributed by atoms with Crippen LogP contribution in [0.25, 0.3) is 0 Å². The SMILES string of the molecule is CC1(c2ccc(S(C)(=O)=O)cc2)COC(N)=N1. The molecule has 0 amide bonds. The number of ether oxygens (including phenoxy) is 1. The van der Waals surface area contributed by atoms with Gasteiger partial charge in [-0.25, -0.2) is 13.4 Å². The molecule has 1 unspecified atom stereocenters. The summed E-state index contributed by atoms with van der Waals surface area (Å²) in [7, 11) is -3.17. The summed E-state index contributed by atoms with van der Waals surface area (Å²) in [6, 6.07) is 6.78. The molecule has 1 aliphatic rings. The van der Waals surface area contributed by atoms with Crippen molar-refractivity contribution in [2.45, 2.75) is 17.4 Å². The number of aliphatic imine (C=N–C) groups is 1. The Morgan fingerprint density at radius 2 is 1.94 bits per heavy atom. The second-order valence-corrected chi connectivity index (χ2v) is 6.32. The first-order valence-electron chi connectivity index (χ1n) is 5.10. The van der Waals surface area contributed by atoms with Crippen molar-refractivity contribution in [2.75, 3.05) is 12.9 Å². The van der Waals surface area contributed by atoms with Gasteiger partial charge in [-0.15, -0.1) is 0 Å². The maximum atomic E-state index is 11.3. The van der Waals surface area contributed by atoms with E-state index in [0.717, 1.165) is 5.56 Å². The van der Waals surface area contributed by atoms with Gasteiger partial charge in [0.2, 0.25) is 0 Å². The van der Waals surface area contributed by atoms with Crippen LogP contribution in [0.3, 0.4) is 0 Å². The van der Waals surface area contributed by atoms with Gasteiger partial charge in [0.25, 0.3) is 6.02 Å². The molecule has 1 aliphatic heterocycles. The number of nitrogens with zero attached hydrogens (tertiary/aromatic N) is 1. The molecule has 0 saturated heterocycles. The van der Waals surface area contributed by atoms with Gasteiger partial charge in [-0.05, 0) is 24.6 Å². The van der Waals surface area contributed by atoms with Crippen molar-refractivity contribution >= 4 is 15.9 Å². The highest BCUT2D eigenvalue weighted by atomic mass is 32.2. The summed E-state index contributed by atoms with van der Waals surface area (Å²) in [6.07, 6.45) is 1.18. The number of amidine groups is 1. The molecule has 2 N–H and O–H groups in total.